The average molecular weight is 243 g/mol. The van der Waals surface area contributed by atoms with E-state index in [1.165, 1.54) is 11.1 Å². The number of aromatic nitrogens is 2. The van der Waals surface area contributed by atoms with Gasteiger partial charge in [0, 0.05) is 20.2 Å². The van der Waals surface area contributed by atoms with Gasteiger partial charge < -0.3 is 5.32 Å². The molecule has 18 heavy (non-hydrogen) atoms. The molecular formula is C15H21N3. The molecule has 0 saturated carbocycles. The van der Waals surface area contributed by atoms with E-state index >= 15 is 0 Å². The molecule has 0 atom stereocenters. The van der Waals surface area contributed by atoms with Crippen LogP contribution in [0.2, 0.25) is 0 Å². The first-order valence-electron chi connectivity index (χ1n) is 6.24. The van der Waals surface area contributed by atoms with Gasteiger partial charge in [-0.05, 0) is 16.5 Å². The van der Waals surface area contributed by atoms with Crippen LogP contribution in [-0.2, 0) is 12.5 Å². The highest BCUT2D eigenvalue weighted by Crippen LogP contribution is 2.26. The molecule has 0 aliphatic rings. The number of hydrogen-bond acceptors (Lipinski definition) is 2. The first-order chi connectivity index (χ1) is 8.41. The molecular weight excluding hydrogens is 222 g/mol. The lowest BCUT2D eigenvalue weighted by molar-refractivity contribution is 0.590. The minimum Gasteiger partial charge on any atom is -0.372 e. The third-order valence-electron chi connectivity index (χ3n) is 3.18. The number of nitrogens with one attached hydrogen (secondary N) is 1. The van der Waals surface area contributed by atoms with Gasteiger partial charge in [0.1, 0.15) is 5.82 Å². The van der Waals surface area contributed by atoms with E-state index in [0.717, 1.165) is 11.5 Å². The Kier molecular flexibility index (Phi) is 3.16. The van der Waals surface area contributed by atoms with E-state index in [-0.39, 0.29) is 5.41 Å². The highest BCUT2D eigenvalue weighted by atomic mass is 15.3. The Morgan fingerprint density at radius 1 is 1.11 bits per heavy atom. The predicted molar refractivity (Wildman–Crippen MR) is 76.9 cm³/mol. The summed E-state index contributed by atoms with van der Waals surface area (Å²) in [5, 5.41) is 7.44. The molecule has 1 aromatic heterocycles. The van der Waals surface area contributed by atoms with Crippen molar-refractivity contribution in [3.05, 3.63) is 35.9 Å². The number of nitrogens with zero attached hydrogens (tertiary/aromatic N) is 2. The van der Waals surface area contributed by atoms with Crippen LogP contribution >= 0.6 is 0 Å². The molecule has 3 heteroatoms. The molecule has 3 nitrogen and oxygen atoms in total. The Morgan fingerprint density at radius 3 is 2.17 bits per heavy atom. The second-order valence-electron chi connectivity index (χ2n) is 5.62. The fourth-order valence-corrected chi connectivity index (χ4v) is 2.00. The molecule has 0 radical (unpaired) electrons. The van der Waals surface area contributed by atoms with Crippen LogP contribution in [0.1, 0.15) is 26.3 Å². The van der Waals surface area contributed by atoms with Gasteiger partial charge in [-0.3, -0.25) is 4.68 Å². The van der Waals surface area contributed by atoms with Gasteiger partial charge in [0.05, 0.1) is 5.69 Å². The van der Waals surface area contributed by atoms with Gasteiger partial charge in [-0.15, -0.1) is 0 Å². The van der Waals surface area contributed by atoms with Crippen molar-refractivity contribution in [3.8, 4) is 11.3 Å². The monoisotopic (exact) mass is 243 g/mol. The van der Waals surface area contributed by atoms with E-state index in [4.69, 9.17) is 0 Å². The molecule has 0 spiro atoms. The van der Waals surface area contributed by atoms with Crippen molar-refractivity contribution in [2.45, 2.75) is 26.2 Å². The van der Waals surface area contributed by atoms with Gasteiger partial charge in [0.15, 0.2) is 0 Å². The molecule has 2 aromatic rings. The Morgan fingerprint density at radius 2 is 1.72 bits per heavy atom. The summed E-state index contributed by atoms with van der Waals surface area (Å²) < 4.78 is 1.90. The molecule has 1 aromatic carbocycles. The minimum atomic E-state index is 0.196. The fourth-order valence-electron chi connectivity index (χ4n) is 2.00. The first kappa shape index (κ1) is 12.7. The molecule has 0 fully saturated rings. The lowest BCUT2D eigenvalue weighted by Crippen LogP contribution is -2.10. The van der Waals surface area contributed by atoms with E-state index in [1.54, 1.807) is 0 Å². The number of rotatable bonds is 2. The van der Waals surface area contributed by atoms with Gasteiger partial charge in [-0.1, -0.05) is 45.0 Å². The van der Waals surface area contributed by atoms with Crippen LogP contribution in [0.5, 0.6) is 0 Å². The Bertz CT molecular complexity index is 530. The van der Waals surface area contributed by atoms with Crippen molar-refractivity contribution in [3.63, 3.8) is 0 Å². The van der Waals surface area contributed by atoms with Crippen LogP contribution in [0.3, 0.4) is 0 Å². The summed E-state index contributed by atoms with van der Waals surface area (Å²) >= 11 is 0. The van der Waals surface area contributed by atoms with E-state index < -0.39 is 0 Å². The summed E-state index contributed by atoms with van der Waals surface area (Å²) in [6.07, 6.45) is 0. The smallest absolute Gasteiger partial charge is 0.148 e. The van der Waals surface area contributed by atoms with Crippen molar-refractivity contribution in [2.75, 3.05) is 12.4 Å². The standard InChI is InChI=1S/C15H21N3/c1-15(2,3)12-8-6-11(7-9-12)13-10-14(16-4)17-18(13)5/h6-10H,1-5H3,(H,16,17). The Balaban J connectivity index is 2.37. The maximum absolute atomic E-state index is 4.38. The molecule has 0 saturated heterocycles. The summed E-state index contributed by atoms with van der Waals surface area (Å²) in [7, 11) is 3.85. The zero-order valence-corrected chi connectivity index (χ0v) is 11.8. The minimum absolute atomic E-state index is 0.196. The highest BCUT2D eigenvalue weighted by Gasteiger charge is 2.14. The van der Waals surface area contributed by atoms with Crippen LogP contribution in [-0.4, -0.2) is 16.8 Å². The lowest BCUT2D eigenvalue weighted by Gasteiger charge is -2.19. The molecule has 1 N–H and O–H groups in total. The van der Waals surface area contributed by atoms with Crippen LogP contribution in [0.4, 0.5) is 5.82 Å². The summed E-state index contributed by atoms with van der Waals surface area (Å²) in [6, 6.07) is 10.8. The maximum atomic E-state index is 4.38. The van der Waals surface area contributed by atoms with Gasteiger partial charge in [-0.25, -0.2) is 0 Å². The zero-order chi connectivity index (χ0) is 13.3. The number of hydrogen-bond donors (Lipinski definition) is 1. The molecule has 0 amide bonds. The van der Waals surface area contributed by atoms with Crippen molar-refractivity contribution in [1.82, 2.24) is 9.78 Å². The van der Waals surface area contributed by atoms with Gasteiger partial charge in [0.25, 0.3) is 0 Å². The summed E-state index contributed by atoms with van der Waals surface area (Å²) in [6.45, 7) is 6.68. The second-order valence-corrected chi connectivity index (χ2v) is 5.62. The summed E-state index contributed by atoms with van der Waals surface area (Å²) in [5.74, 6) is 0.896. The normalized spacial score (nSPS) is 11.6. The van der Waals surface area contributed by atoms with Crippen molar-refractivity contribution >= 4 is 5.82 Å². The number of aryl methyl sites for hydroxylation is 1. The van der Waals surface area contributed by atoms with Crippen LogP contribution in [0, 0.1) is 0 Å². The third-order valence-corrected chi connectivity index (χ3v) is 3.18. The molecule has 0 aliphatic carbocycles. The molecule has 1 heterocycles. The van der Waals surface area contributed by atoms with Gasteiger partial charge in [-0.2, -0.15) is 5.10 Å². The predicted octanol–water partition coefficient (Wildman–Crippen LogP) is 3.43. The molecule has 0 unspecified atom stereocenters. The average Bonchev–Trinajstić information content (AvgIpc) is 2.70. The van der Waals surface area contributed by atoms with E-state index in [1.807, 2.05) is 18.8 Å². The van der Waals surface area contributed by atoms with E-state index in [9.17, 15) is 0 Å². The van der Waals surface area contributed by atoms with Crippen molar-refractivity contribution in [2.24, 2.45) is 7.05 Å². The molecule has 0 bridgehead atoms. The highest BCUT2D eigenvalue weighted by molar-refractivity contribution is 5.63. The van der Waals surface area contributed by atoms with E-state index in [2.05, 4.69) is 61.5 Å². The Hall–Kier alpha value is -1.77. The maximum Gasteiger partial charge on any atom is 0.148 e. The quantitative estimate of drug-likeness (QED) is 0.875. The van der Waals surface area contributed by atoms with Crippen LogP contribution in [0.15, 0.2) is 30.3 Å². The molecule has 96 valence electrons. The molecule has 2 rings (SSSR count). The SMILES string of the molecule is CNc1cc(-c2ccc(C(C)(C)C)cc2)n(C)n1. The molecule has 0 aliphatic heterocycles. The van der Waals surface area contributed by atoms with Crippen molar-refractivity contribution in [1.29, 1.82) is 0 Å². The topological polar surface area (TPSA) is 29.9 Å². The number of anilines is 1. The fraction of sp³-hybridized carbons (Fsp3) is 0.400. The third kappa shape index (κ3) is 2.40. The number of benzene rings is 1. The zero-order valence-electron chi connectivity index (χ0n) is 11.8. The van der Waals surface area contributed by atoms with Gasteiger partial charge >= 0.3 is 0 Å². The van der Waals surface area contributed by atoms with Crippen LogP contribution < -0.4 is 5.32 Å². The summed E-state index contributed by atoms with van der Waals surface area (Å²) in [4.78, 5) is 0. The van der Waals surface area contributed by atoms with Gasteiger partial charge in [0.2, 0.25) is 0 Å². The largest absolute Gasteiger partial charge is 0.372 e. The lowest BCUT2D eigenvalue weighted by atomic mass is 9.86. The summed E-state index contributed by atoms with van der Waals surface area (Å²) in [5.41, 5.74) is 3.86. The van der Waals surface area contributed by atoms with Crippen LogP contribution in [0.25, 0.3) is 11.3 Å². The van der Waals surface area contributed by atoms with E-state index in [0.29, 0.717) is 0 Å². The Labute approximate surface area is 109 Å². The van der Waals surface area contributed by atoms with Crippen molar-refractivity contribution < 1.29 is 0 Å². The first-order valence-corrected chi connectivity index (χ1v) is 6.24. The second kappa shape index (κ2) is 4.48.